The van der Waals surface area contributed by atoms with Gasteiger partial charge in [-0.25, -0.2) is 4.39 Å². The Bertz CT molecular complexity index is 514. The van der Waals surface area contributed by atoms with Gasteiger partial charge in [-0.2, -0.15) is 0 Å². The molecule has 0 saturated carbocycles. The van der Waals surface area contributed by atoms with Crippen LogP contribution in [0.3, 0.4) is 0 Å². The molecule has 0 aliphatic rings. The van der Waals surface area contributed by atoms with Crippen molar-refractivity contribution in [3.63, 3.8) is 0 Å². The van der Waals surface area contributed by atoms with Gasteiger partial charge < -0.3 is 9.67 Å². The number of hydrogen-bond acceptors (Lipinski definition) is 1. The number of hydrogen-bond donors (Lipinski definition) is 1. The molecule has 0 amide bonds. The molecular weight excluding hydrogens is 205 g/mol. The smallest absolute Gasteiger partial charge is 0.123 e. The van der Waals surface area contributed by atoms with Gasteiger partial charge >= 0.3 is 0 Å². The third kappa shape index (κ3) is 1.71. The summed E-state index contributed by atoms with van der Waals surface area (Å²) < 4.78 is 15.3. The summed E-state index contributed by atoms with van der Waals surface area (Å²) in [7, 11) is 0. The molecule has 16 heavy (non-hydrogen) atoms. The third-order valence-corrected chi connectivity index (χ3v) is 2.83. The number of aliphatic hydroxyl groups excluding tert-OH is 1. The molecule has 0 aliphatic carbocycles. The van der Waals surface area contributed by atoms with Crippen LogP contribution in [0.4, 0.5) is 4.39 Å². The van der Waals surface area contributed by atoms with Crippen LogP contribution in [0.25, 0.3) is 10.9 Å². The summed E-state index contributed by atoms with van der Waals surface area (Å²) in [4.78, 5) is 0. The molecule has 86 valence electrons. The Morgan fingerprint density at radius 1 is 1.25 bits per heavy atom. The maximum absolute atomic E-state index is 13.2. The van der Waals surface area contributed by atoms with Crippen molar-refractivity contribution in [1.82, 2.24) is 4.57 Å². The van der Waals surface area contributed by atoms with Crippen LogP contribution in [-0.2, 0) is 0 Å². The third-order valence-electron chi connectivity index (χ3n) is 2.83. The average molecular weight is 221 g/mol. The zero-order valence-corrected chi connectivity index (χ0v) is 9.74. The van der Waals surface area contributed by atoms with Gasteiger partial charge in [0.05, 0.1) is 6.10 Å². The number of rotatable bonds is 2. The second-order valence-electron chi connectivity index (χ2n) is 4.42. The van der Waals surface area contributed by atoms with Gasteiger partial charge in [0.2, 0.25) is 0 Å². The lowest BCUT2D eigenvalue weighted by atomic mass is 10.1. The largest absolute Gasteiger partial charge is 0.389 e. The summed E-state index contributed by atoms with van der Waals surface area (Å²) in [6.07, 6.45) is 1.32. The van der Waals surface area contributed by atoms with E-state index in [1.165, 1.54) is 12.1 Å². The van der Waals surface area contributed by atoms with Gasteiger partial charge in [0.15, 0.2) is 0 Å². The van der Waals surface area contributed by atoms with Crippen molar-refractivity contribution in [2.24, 2.45) is 0 Å². The average Bonchev–Trinajstić information content (AvgIpc) is 2.56. The minimum Gasteiger partial charge on any atom is -0.389 e. The first-order valence-corrected chi connectivity index (χ1v) is 5.48. The molecule has 2 rings (SSSR count). The quantitative estimate of drug-likeness (QED) is 0.826. The van der Waals surface area contributed by atoms with Gasteiger partial charge in [0.1, 0.15) is 5.82 Å². The SMILES string of the molecule is CC(O)c1cn(C(C)C)c2ccc(F)cc12. The molecule has 0 aliphatic heterocycles. The molecule has 1 aromatic carbocycles. The number of nitrogens with zero attached hydrogens (tertiary/aromatic N) is 1. The molecule has 0 saturated heterocycles. The fraction of sp³-hybridized carbons (Fsp3) is 0.385. The lowest BCUT2D eigenvalue weighted by Gasteiger charge is -2.08. The summed E-state index contributed by atoms with van der Waals surface area (Å²) in [5.41, 5.74) is 1.75. The molecular formula is C13H16FNO. The summed E-state index contributed by atoms with van der Waals surface area (Å²) in [6, 6.07) is 4.99. The number of aromatic nitrogens is 1. The van der Waals surface area contributed by atoms with Gasteiger partial charge in [-0.1, -0.05) is 0 Å². The van der Waals surface area contributed by atoms with Gasteiger partial charge in [0.25, 0.3) is 0 Å². The van der Waals surface area contributed by atoms with Crippen molar-refractivity contribution in [1.29, 1.82) is 0 Å². The summed E-state index contributed by atoms with van der Waals surface area (Å²) in [5.74, 6) is -0.268. The van der Waals surface area contributed by atoms with E-state index in [2.05, 4.69) is 18.4 Å². The molecule has 0 spiro atoms. The van der Waals surface area contributed by atoms with Gasteiger partial charge in [-0.05, 0) is 39.0 Å². The Hall–Kier alpha value is -1.35. The van der Waals surface area contributed by atoms with Gasteiger partial charge in [-0.3, -0.25) is 0 Å². The molecule has 2 aromatic rings. The first-order chi connectivity index (χ1) is 7.50. The van der Waals surface area contributed by atoms with Crippen molar-refractivity contribution < 1.29 is 9.50 Å². The minimum atomic E-state index is -0.579. The Labute approximate surface area is 94.3 Å². The van der Waals surface area contributed by atoms with Crippen LogP contribution in [0, 0.1) is 5.82 Å². The second kappa shape index (κ2) is 3.91. The van der Waals surface area contributed by atoms with Crippen LogP contribution in [0.15, 0.2) is 24.4 Å². The van der Waals surface area contributed by atoms with E-state index >= 15 is 0 Å². The topological polar surface area (TPSA) is 25.2 Å². The molecule has 0 radical (unpaired) electrons. The van der Waals surface area contributed by atoms with E-state index in [1.807, 2.05) is 6.20 Å². The Balaban J connectivity index is 2.76. The first-order valence-electron chi connectivity index (χ1n) is 5.48. The maximum Gasteiger partial charge on any atom is 0.123 e. The molecule has 0 bridgehead atoms. The normalized spacial score (nSPS) is 13.6. The number of aliphatic hydroxyl groups is 1. The van der Waals surface area contributed by atoms with Crippen molar-refractivity contribution >= 4 is 10.9 Å². The Morgan fingerprint density at radius 3 is 2.50 bits per heavy atom. The fourth-order valence-corrected chi connectivity index (χ4v) is 2.01. The zero-order chi connectivity index (χ0) is 11.9. The van der Waals surface area contributed by atoms with Crippen LogP contribution in [0.5, 0.6) is 0 Å². The fourth-order valence-electron chi connectivity index (χ4n) is 2.01. The Morgan fingerprint density at radius 2 is 1.94 bits per heavy atom. The summed E-state index contributed by atoms with van der Waals surface area (Å²) in [5, 5.41) is 10.5. The molecule has 3 heteroatoms. The number of benzene rings is 1. The van der Waals surface area contributed by atoms with E-state index in [-0.39, 0.29) is 5.82 Å². The van der Waals surface area contributed by atoms with Crippen LogP contribution < -0.4 is 0 Å². The van der Waals surface area contributed by atoms with Crippen LogP contribution in [0.2, 0.25) is 0 Å². The molecule has 1 aromatic heterocycles. The molecule has 0 fully saturated rings. The van der Waals surface area contributed by atoms with Crippen LogP contribution in [0.1, 0.15) is 38.5 Å². The summed E-state index contributed by atoms with van der Waals surface area (Å²) in [6.45, 7) is 5.83. The van der Waals surface area contributed by atoms with E-state index in [9.17, 15) is 9.50 Å². The molecule has 2 nitrogen and oxygen atoms in total. The van der Waals surface area contributed by atoms with Crippen LogP contribution >= 0.6 is 0 Å². The van der Waals surface area contributed by atoms with Crippen molar-refractivity contribution in [3.05, 3.63) is 35.8 Å². The highest BCUT2D eigenvalue weighted by atomic mass is 19.1. The monoisotopic (exact) mass is 221 g/mol. The zero-order valence-electron chi connectivity index (χ0n) is 9.74. The first kappa shape index (κ1) is 11.1. The van der Waals surface area contributed by atoms with Gasteiger partial charge in [-0.15, -0.1) is 0 Å². The number of halogens is 1. The van der Waals surface area contributed by atoms with E-state index in [4.69, 9.17) is 0 Å². The standard InChI is InChI=1S/C13H16FNO/c1-8(2)15-7-12(9(3)16)11-6-10(14)4-5-13(11)15/h4-9,16H,1-3H3. The predicted molar refractivity (Wildman–Crippen MR) is 62.9 cm³/mol. The van der Waals surface area contributed by atoms with Crippen molar-refractivity contribution in [2.75, 3.05) is 0 Å². The predicted octanol–water partition coefficient (Wildman–Crippen LogP) is 3.41. The molecule has 1 atom stereocenters. The lowest BCUT2D eigenvalue weighted by Crippen LogP contribution is -1.98. The highest BCUT2D eigenvalue weighted by molar-refractivity contribution is 5.84. The minimum absolute atomic E-state index is 0.268. The van der Waals surface area contributed by atoms with E-state index in [0.29, 0.717) is 6.04 Å². The molecule has 1 unspecified atom stereocenters. The molecule has 1 heterocycles. The highest BCUT2D eigenvalue weighted by Gasteiger charge is 2.14. The van der Waals surface area contributed by atoms with E-state index < -0.39 is 6.10 Å². The van der Waals surface area contributed by atoms with Crippen molar-refractivity contribution in [3.8, 4) is 0 Å². The second-order valence-corrected chi connectivity index (χ2v) is 4.42. The van der Waals surface area contributed by atoms with E-state index in [0.717, 1.165) is 16.5 Å². The van der Waals surface area contributed by atoms with Gasteiger partial charge in [0, 0.05) is 28.7 Å². The van der Waals surface area contributed by atoms with Crippen molar-refractivity contribution in [2.45, 2.75) is 32.9 Å². The highest BCUT2D eigenvalue weighted by Crippen LogP contribution is 2.29. The molecule has 1 N–H and O–H groups in total. The lowest BCUT2D eigenvalue weighted by molar-refractivity contribution is 0.200. The van der Waals surface area contributed by atoms with E-state index in [1.54, 1.807) is 13.0 Å². The summed E-state index contributed by atoms with van der Waals surface area (Å²) >= 11 is 0. The number of fused-ring (bicyclic) bond motifs is 1. The van der Waals surface area contributed by atoms with Crippen LogP contribution in [-0.4, -0.2) is 9.67 Å². The Kier molecular flexibility index (Phi) is 2.72. The maximum atomic E-state index is 13.2.